The smallest absolute Gasteiger partial charge is 0.225 e. The highest BCUT2D eigenvalue weighted by Crippen LogP contribution is 2.28. The molecule has 1 atom stereocenters. The number of carbonyl (C=O) groups is 1. The molecule has 7 nitrogen and oxygen atoms in total. The van der Waals surface area contributed by atoms with Gasteiger partial charge < -0.3 is 15.0 Å². The van der Waals surface area contributed by atoms with Gasteiger partial charge in [-0.2, -0.15) is 0 Å². The Balaban J connectivity index is 1.48. The Morgan fingerprint density at radius 2 is 2.12 bits per heavy atom. The molecule has 2 fully saturated rings. The van der Waals surface area contributed by atoms with Gasteiger partial charge in [0.2, 0.25) is 5.91 Å². The van der Waals surface area contributed by atoms with Crippen LogP contribution in [0.25, 0.3) is 10.9 Å². The molecule has 0 radical (unpaired) electrons. The number of hydrogen-bond donors (Lipinski definition) is 1. The third-order valence-electron chi connectivity index (χ3n) is 5.02. The molecule has 1 amide bonds. The van der Waals surface area contributed by atoms with Crippen molar-refractivity contribution in [3.05, 3.63) is 24.3 Å². The van der Waals surface area contributed by atoms with E-state index >= 15 is 0 Å². The number of nitrogens with zero attached hydrogens (tertiary/aromatic N) is 4. The molecule has 2 aliphatic rings. The molecule has 7 heteroatoms. The first kappa shape index (κ1) is 16.2. The van der Waals surface area contributed by atoms with Gasteiger partial charge in [0.05, 0.1) is 17.6 Å². The van der Waals surface area contributed by atoms with Crippen molar-refractivity contribution < 1.29 is 9.53 Å². The minimum absolute atomic E-state index is 0.00926. The maximum Gasteiger partial charge on any atom is 0.225 e. The van der Waals surface area contributed by atoms with E-state index in [9.17, 15) is 4.79 Å². The van der Waals surface area contributed by atoms with Gasteiger partial charge >= 0.3 is 0 Å². The maximum absolute atomic E-state index is 12.6. The molecule has 2 aromatic heterocycles. The number of nitrogens with one attached hydrogen (secondary N) is 1. The Bertz CT molecular complexity index is 775. The van der Waals surface area contributed by atoms with Crippen LogP contribution in [0.15, 0.2) is 18.5 Å². The van der Waals surface area contributed by atoms with Crippen molar-refractivity contribution in [1.29, 1.82) is 0 Å². The summed E-state index contributed by atoms with van der Waals surface area (Å²) >= 11 is 0. The van der Waals surface area contributed by atoms with E-state index in [0.29, 0.717) is 6.54 Å². The van der Waals surface area contributed by atoms with E-state index in [4.69, 9.17) is 4.74 Å². The summed E-state index contributed by atoms with van der Waals surface area (Å²) in [4.78, 5) is 28.0. The lowest BCUT2D eigenvalue weighted by Gasteiger charge is -2.25. The molecular formula is C18H23N5O2. The number of carbonyl (C=O) groups excluding carboxylic acids is 1. The van der Waals surface area contributed by atoms with Crippen molar-refractivity contribution >= 4 is 22.6 Å². The average Bonchev–Trinajstić information content (AvgIpc) is 3.12. The number of hydrogen-bond acceptors (Lipinski definition) is 6. The highest BCUT2D eigenvalue weighted by Gasteiger charge is 2.31. The number of amides is 1. The molecule has 0 spiro atoms. The average molecular weight is 341 g/mol. The third kappa shape index (κ3) is 3.42. The molecule has 0 saturated carbocycles. The molecule has 0 bridgehead atoms. The van der Waals surface area contributed by atoms with Gasteiger partial charge in [0, 0.05) is 43.9 Å². The van der Waals surface area contributed by atoms with Crippen LogP contribution in [0.1, 0.15) is 25.1 Å². The minimum atomic E-state index is 0.00926. The summed E-state index contributed by atoms with van der Waals surface area (Å²) in [5.74, 6) is 1.80. The van der Waals surface area contributed by atoms with Crippen molar-refractivity contribution in [2.24, 2.45) is 5.92 Å². The second-order valence-corrected chi connectivity index (χ2v) is 6.81. The first-order chi connectivity index (χ1) is 12.2. The van der Waals surface area contributed by atoms with E-state index < -0.39 is 0 Å². The Hall–Kier alpha value is -2.28. The zero-order valence-electron chi connectivity index (χ0n) is 14.4. The Labute approximate surface area is 146 Å². The Morgan fingerprint density at radius 1 is 1.28 bits per heavy atom. The molecule has 0 aliphatic carbocycles. The summed E-state index contributed by atoms with van der Waals surface area (Å²) in [7, 11) is 0. The fraction of sp³-hybridized carbons (Fsp3) is 0.556. The van der Waals surface area contributed by atoms with Gasteiger partial charge in [-0.1, -0.05) is 0 Å². The highest BCUT2D eigenvalue weighted by atomic mass is 16.5. The number of ether oxygens (including phenoxy) is 1. The normalized spacial score (nSPS) is 21.6. The summed E-state index contributed by atoms with van der Waals surface area (Å²) in [5, 5.41) is 4.18. The van der Waals surface area contributed by atoms with Gasteiger partial charge in [0.1, 0.15) is 11.6 Å². The topological polar surface area (TPSA) is 80.2 Å². The molecule has 1 unspecified atom stereocenters. The monoisotopic (exact) mass is 341 g/mol. The molecule has 25 heavy (non-hydrogen) atoms. The highest BCUT2D eigenvalue weighted by molar-refractivity contribution is 5.89. The summed E-state index contributed by atoms with van der Waals surface area (Å²) in [5.41, 5.74) is 0.847. The van der Waals surface area contributed by atoms with E-state index in [1.54, 1.807) is 12.4 Å². The number of fused-ring (bicyclic) bond motifs is 1. The lowest BCUT2D eigenvalue weighted by Crippen LogP contribution is -2.42. The van der Waals surface area contributed by atoms with Crippen LogP contribution in [-0.2, 0) is 9.53 Å². The molecule has 0 aromatic carbocycles. The quantitative estimate of drug-likeness (QED) is 0.910. The number of aryl methyl sites for hydroxylation is 1. The van der Waals surface area contributed by atoms with Crippen molar-refractivity contribution in [2.45, 2.75) is 32.2 Å². The molecule has 4 rings (SSSR count). The van der Waals surface area contributed by atoms with E-state index in [0.717, 1.165) is 61.6 Å². The molecule has 1 N–H and O–H groups in total. The van der Waals surface area contributed by atoms with Crippen LogP contribution >= 0.6 is 0 Å². The van der Waals surface area contributed by atoms with Crippen molar-refractivity contribution in [3.8, 4) is 0 Å². The van der Waals surface area contributed by atoms with Gasteiger partial charge in [-0.05, 0) is 32.3 Å². The summed E-state index contributed by atoms with van der Waals surface area (Å²) < 4.78 is 5.35. The standard InChI is InChI=1S/C18H23N5O2/c1-12-20-16-10-19-6-2-15(16)17(21-12)23-7-3-13(11-23)18(24)22-14-4-8-25-9-5-14/h2,6,10,13-14H,3-5,7-9,11H2,1H3,(H,22,24). The fourth-order valence-electron chi connectivity index (χ4n) is 3.65. The lowest BCUT2D eigenvalue weighted by atomic mass is 10.1. The summed E-state index contributed by atoms with van der Waals surface area (Å²) in [6, 6.07) is 2.20. The number of rotatable bonds is 3. The molecular weight excluding hydrogens is 318 g/mol. The molecule has 132 valence electrons. The summed E-state index contributed by atoms with van der Waals surface area (Å²) in [6.07, 6.45) is 6.19. The SMILES string of the molecule is Cc1nc(N2CCC(C(=O)NC3CCOCC3)C2)c2ccncc2n1. The molecule has 2 saturated heterocycles. The van der Waals surface area contributed by atoms with Gasteiger partial charge in [0.25, 0.3) is 0 Å². The second-order valence-electron chi connectivity index (χ2n) is 6.81. The van der Waals surface area contributed by atoms with Crippen LogP contribution in [0.4, 0.5) is 5.82 Å². The fourth-order valence-corrected chi connectivity index (χ4v) is 3.65. The predicted octanol–water partition coefficient (Wildman–Crippen LogP) is 1.45. The molecule has 2 aromatic rings. The third-order valence-corrected chi connectivity index (χ3v) is 5.02. The van der Waals surface area contributed by atoms with Crippen LogP contribution in [0.3, 0.4) is 0 Å². The number of anilines is 1. The molecule has 2 aliphatic heterocycles. The minimum Gasteiger partial charge on any atom is -0.381 e. The van der Waals surface area contributed by atoms with Crippen LogP contribution in [0, 0.1) is 12.8 Å². The van der Waals surface area contributed by atoms with E-state index in [1.807, 2.05) is 13.0 Å². The van der Waals surface area contributed by atoms with Gasteiger partial charge in [0.15, 0.2) is 0 Å². The first-order valence-electron chi connectivity index (χ1n) is 8.92. The number of aromatic nitrogens is 3. The van der Waals surface area contributed by atoms with Crippen molar-refractivity contribution in [1.82, 2.24) is 20.3 Å². The zero-order valence-corrected chi connectivity index (χ0v) is 14.4. The van der Waals surface area contributed by atoms with Gasteiger partial charge in [-0.3, -0.25) is 9.78 Å². The first-order valence-corrected chi connectivity index (χ1v) is 8.92. The van der Waals surface area contributed by atoms with Crippen molar-refractivity contribution in [2.75, 3.05) is 31.2 Å². The Morgan fingerprint density at radius 3 is 2.96 bits per heavy atom. The van der Waals surface area contributed by atoms with Crippen LogP contribution in [0.5, 0.6) is 0 Å². The van der Waals surface area contributed by atoms with E-state index in [1.165, 1.54) is 0 Å². The van der Waals surface area contributed by atoms with Crippen LogP contribution in [0.2, 0.25) is 0 Å². The van der Waals surface area contributed by atoms with Crippen molar-refractivity contribution in [3.63, 3.8) is 0 Å². The molecule has 4 heterocycles. The number of pyridine rings is 1. The van der Waals surface area contributed by atoms with Crippen LogP contribution in [-0.4, -0.2) is 53.2 Å². The van der Waals surface area contributed by atoms with E-state index in [-0.39, 0.29) is 17.9 Å². The predicted molar refractivity (Wildman–Crippen MR) is 94.4 cm³/mol. The lowest BCUT2D eigenvalue weighted by molar-refractivity contribution is -0.125. The van der Waals surface area contributed by atoms with Crippen LogP contribution < -0.4 is 10.2 Å². The van der Waals surface area contributed by atoms with Gasteiger partial charge in [-0.25, -0.2) is 9.97 Å². The van der Waals surface area contributed by atoms with E-state index in [2.05, 4.69) is 25.2 Å². The van der Waals surface area contributed by atoms with Gasteiger partial charge in [-0.15, -0.1) is 0 Å². The zero-order chi connectivity index (χ0) is 17.2. The largest absolute Gasteiger partial charge is 0.381 e. The Kier molecular flexibility index (Phi) is 4.48. The summed E-state index contributed by atoms with van der Waals surface area (Å²) in [6.45, 7) is 4.90. The maximum atomic E-state index is 12.6. The second kappa shape index (κ2) is 6.92.